The second-order valence-electron chi connectivity index (χ2n) is 7.82. The molecule has 160 valence electrons. The van der Waals surface area contributed by atoms with Gasteiger partial charge in [-0.25, -0.2) is 0 Å². The fourth-order valence-corrected chi connectivity index (χ4v) is 3.81. The van der Waals surface area contributed by atoms with Gasteiger partial charge < -0.3 is 10.1 Å². The maximum Gasteiger partial charge on any atom is 0.224 e. The summed E-state index contributed by atoms with van der Waals surface area (Å²) in [7, 11) is 1.64. The van der Waals surface area contributed by atoms with Gasteiger partial charge in [-0.2, -0.15) is 0 Å². The van der Waals surface area contributed by atoms with Crippen LogP contribution in [0.25, 0.3) is 11.1 Å². The Morgan fingerprint density at radius 1 is 0.719 bits per heavy atom. The van der Waals surface area contributed by atoms with Crippen LogP contribution >= 0.6 is 0 Å². The molecule has 1 amide bonds. The predicted molar refractivity (Wildman–Crippen MR) is 130 cm³/mol. The van der Waals surface area contributed by atoms with E-state index < -0.39 is 0 Å². The SMILES string of the molecule is COc1ccc(CC(=O)N[C@H](Cc2ccccc2)c2ccc(-c3ccccc3)cc2)cc1. The second kappa shape index (κ2) is 10.5. The minimum atomic E-state index is -0.104. The third-order valence-corrected chi connectivity index (χ3v) is 5.56. The predicted octanol–water partition coefficient (Wildman–Crippen LogP) is 6.00. The van der Waals surface area contributed by atoms with Gasteiger partial charge >= 0.3 is 0 Å². The number of rotatable bonds is 8. The third-order valence-electron chi connectivity index (χ3n) is 5.56. The van der Waals surface area contributed by atoms with Gasteiger partial charge in [-0.3, -0.25) is 4.79 Å². The Bertz CT molecular complexity index is 1120. The number of carbonyl (C=O) groups excluding carboxylic acids is 1. The summed E-state index contributed by atoms with van der Waals surface area (Å²) >= 11 is 0. The summed E-state index contributed by atoms with van der Waals surface area (Å²) in [4.78, 5) is 12.9. The minimum Gasteiger partial charge on any atom is -0.497 e. The zero-order valence-electron chi connectivity index (χ0n) is 18.2. The molecule has 0 heterocycles. The molecule has 0 aliphatic heterocycles. The highest BCUT2D eigenvalue weighted by Crippen LogP contribution is 2.24. The van der Waals surface area contributed by atoms with Crippen molar-refractivity contribution in [3.8, 4) is 16.9 Å². The summed E-state index contributed by atoms with van der Waals surface area (Å²) in [6.45, 7) is 0. The summed E-state index contributed by atoms with van der Waals surface area (Å²) in [5.74, 6) is 0.790. The van der Waals surface area contributed by atoms with Crippen molar-refractivity contribution in [3.05, 3.63) is 126 Å². The van der Waals surface area contributed by atoms with E-state index in [-0.39, 0.29) is 11.9 Å². The fraction of sp³-hybridized carbons (Fsp3) is 0.138. The van der Waals surface area contributed by atoms with E-state index in [1.807, 2.05) is 60.7 Å². The molecule has 0 saturated heterocycles. The summed E-state index contributed by atoms with van der Waals surface area (Å²) in [5.41, 5.74) is 5.59. The van der Waals surface area contributed by atoms with E-state index in [2.05, 4.69) is 53.8 Å². The van der Waals surface area contributed by atoms with Gasteiger partial charge in [-0.05, 0) is 46.4 Å². The molecule has 0 fully saturated rings. The summed E-state index contributed by atoms with van der Waals surface area (Å²) < 4.78 is 5.20. The van der Waals surface area contributed by atoms with Gasteiger partial charge in [0.2, 0.25) is 5.91 Å². The zero-order valence-corrected chi connectivity index (χ0v) is 18.2. The average Bonchev–Trinajstić information content (AvgIpc) is 2.85. The molecule has 4 aromatic carbocycles. The first-order valence-corrected chi connectivity index (χ1v) is 10.8. The van der Waals surface area contributed by atoms with E-state index in [1.54, 1.807) is 7.11 Å². The van der Waals surface area contributed by atoms with Crippen molar-refractivity contribution in [1.29, 1.82) is 0 Å². The lowest BCUT2D eigenvalue weighted by molar-refractivity contribution is -0.121. The van der Waals surface area contributed by atoms with Crippen LogP contribution in [0, 0.1) is 0 Å². The van der Waals surface area contributed by atoms with Crippen LogP contribution in [0.3, 0.4) is 0 Å². The smallest absolute Gasteiger partial charge is 0.224 e. The molecule has 4 rings (SSSR count). The quantitative estimate of drug-likeness (QED) is 0.379. The number of ether oxygens (including phenoxy) is 1. The van der Waals surface area contributed by atoms with Gasteiger partial charge in [0.05, 0.1) is 19.6 Å². The molecular weight excluding hydrogens is 394 g/mol. The first-order chi connectivity index (χ1) is 15.7. The van der Waals surface area contributed by atoms with Crippen molar-refractivity contribution < 1.29 is 9.53 Å². The Morgan fingerprint density at radius 2 is 1.31 bits per heavy atom. The summed E-state index contributed by atoms with van der Waals surface area (Å²) in [6, 6.07) is 36.6. The number of nitrogens with one attached hydrogen (secondary N) is 1. The molecule has 3 nitrogen and oxygen atoms in total. The van der Waals surface area contributed by atoms with Gasteiger partial charge in [0.15, 0.2) is 0 Å². The number of hydrogen-bond donors (Lipinski definition) is 1. The van der Waals surface area contributed by atoms with Gasteiger partial charge in [0, 0.05) is 0 Å². The Balaban J connectivity index is 1.52. The van der Waals surface area contributed by atoms with E-state index in [1.165, 1.54) is 11.1 Å². The molecule has 32 heavy (non-hydrogen) atoms. The Labute approximate surface area is 189 Å². The van der Waals surface area contributed by atoms with E-state index in [9.17, 15) is 4.79 Å². The van der Waals surface area contributed by atoms with Crippen LogP contribution in [0.2, 0.25) is 0 Å². The molecular formula is C29H27NO2. The van der Waals surface area contributed by atoms with Gasteiger partial charge in [-0.1, -0.05) is 97.1 Å². The molecule has 0 aliphatic carbocycles. The summed E-state index contributed by atoms with van der Waals surface area (Å²) in [6.07, 6.45) is 1.07. The van der Waals surface area contributed by atoms with Crippen molar-refractivity contribution in [3.63, 3.8) is 0 Å². The molecule has 0 saturated carbocycles. The topological polar surface area (TPSA) is 38.3 Å². The molecule has 0 radical (unpaired) electrons. The van der Waals surface area contributed by atoms with Crippen LogP contribution in [0.15, 0.2) is 109 Å². The molecule has 1 N–H and O–H groups in total. The average molecular weight is 422 g/mol. The number of benzene rings is 4. The highest BCUT2D eigenvalue weighted by Gasteiger charge is 2.16. The number of methoxy groups -OCH3 is 1. The van der Waals surface area contributed by atoms with Crippen LogP contribution in [-0.4, -0.2) is 13.0 Å². The van der Waals surface area contributed by atoms with Crippen molar-refractivity contribution in [2.24, 2.45) is 0 Å². The van der Waals surface area contributed by atoms with E-state index >= 15 is 0 Å². The van der Waals surface area contributed by atoms with Gasteiger partial charge in [0.1, 0.15) is 5.75 Å². The molecule has 1 atom stereocenters. The monoisotopic (exact) mass is 421 g/mol. The van der Waals surface area contributed by atoms with E-state index in [4.69, 9.17) is 4.74 Å². The second-order valence-corrected chi connectivity index (χ2v) is 7.82. The number of hydrogen-bond acceptors (Lipinski definition) is 2. The van der Waals surface area contributed by atoms with Gasteiger partial charge in [-0.15, -0.1) is 0 Å². The first-order valence-electron chi connectivity index (χ1n) is 10.8. The van der Waals surface area contributed by atoms with Crippen LogP contribution in [0.1, 0.15) is 22.7 Å². The minimum absolute atomic E-state index is 0.00299. The van der Waals surface area contributed by atoms with Crippen molar-refractivity contribution >= 4 is 5.91 Å². The molecule has 0 bridgehead atoms. The molecule has 3 heteroatoms. The van der Waals surface area contributed by atoms with Crippen LogP contribution in [0.5, 0.6) is 5.75 Å². The zero-order chi connectivity index (χ0) is 22.2. The van der Waals surface area contributed by atoms with E-state index in [0.717, 1.165) is 28.9 Å². The van der Waals surface area contributed by atoms with E-state index in [0.29, 0.717) is 6.42 Å². The summed E-state index contributed by atoms with van der Waals surface area (Å²) in [5, 5.41) is 3.25. The molecule has 4 aromatic rings. The molecule has 0 unspecified atom stereocenters. The Kier molecular flexibility index (Phi) is 6.98. The maximum absolute atomic E-state index is 12.9. The van der Waals surface area contributed by atoms with Crippen LogP contribution in [0.4, 0.5) is 0 Å². The largest absolute Gasteiger partial charge is 0.497 e. The van der Waals surface area contributed by atoms with Crippen molar-refractivity contribution in [2.45, 2.75) is 18.9 Å². The molecule has 0 aliphatic rings. The Morgan fingerprint density at radius 3 is 1.94 bits per heavy atom. The standard InChI is InChI=1S/C29H27NO2/c1-32-27-18-12-23(13-19-27)21-29(31)30-28(20-22-8-4-2-5-9-22)26-16-14-25(15-17-26)24-10-6-3-7-11-24/h2-19,28H,20-21H2,1H3,(H,30,31)/t28-/m1/s1. The molecule has 0 aromatic heterocycles. The van der Waals surface area contributed by atoms with Crippen LogP contribution in [-0.2, 0) is 17.6 Å². The van der Waals surface area contributed by atoms with Crippen LogP contribution < -0.4 is 10.1 Å². The van der Waals surface area contributed by atoms with Crippen molar-refractivity contribution in [1.82, 2.24) is 5.32 Å². The lowest BCUT2D eigenvalue weighted by Crippen LogP contribution is -2.31. The number of amides is 1. The Hall–Kier alpha value is -3.85. The maximum atomic E-state index is 12.9. The van der Waals surface area contributed by atoms with Crippen molar-refractivity contribution in [2.75, 3.05) is 7.11 Å². The highest BCUT2D eigenvalue weighted by atomic mass is 16.5. The fourth-order valence-electron chi connectivity index (χ4n) is 3.81. The normalized spacial score (nSPS) is 11.5. The lowest BCUT2D eigenvalue weighted by atomic mass is 9.96. The highest BCUT2D eigenvalue weighted by molar-refractivity contribution is 5.79. The first kappa shape index (κ1) is 21.4. The lowest BCUT2D eigenvalue weighted by Gasteiger charge is -2.20. The third kappa shape index (κ3) is 5.64. The number of carbonyl (C=O) groups is 1. The molecule has 0 spiro atoms. The van der Waals surface area contributed by atoms with Gasteiger partial charge in [0.25, 0.3) is 0 Å².